The van der Waals surface area contributed by atoms with Crippen molar-refractivity contribution in [2.75, 3.05) is 0 Å². The standard InChI is InChI=1S/C22H40/c1-4-7-10-13-15-18-21-22(19-16-12-9-6-3)20-17-14-11-8-5-2/h4-5,21H,1-2,6-20H2,3H3. The van der Waals surface area contributed by atoms with Crippen LogP contribution in [-0.2, 0) is 0 Å². The van der Waals surface area contributed by atoms with Gasteiger partial charge in [-0.15, -0.1) is 13.2 Å². The number of hydrogen-bond acceptors (Lipinski definition) is 0. The zero-order valence-electron chi connectivity index (χ0n) is 15.3. The minimum atomic E-state index is 1.18. The van der Waals surface area contributed by atoms with Crippen molar-refractivity contribution in [3.05, 3.63) is 37.0 Å². The third-order valence-electron chi connectivity index (χ3n) is 4.30. The highest BCUT2D eigenvalue weighted by Gasteiger charge is 1.99. The van der Waals surface area contributed by atoms with E-state index in [1.807, 2.05) is 12.2 Å². The van der Waals surface area contributed by atoms with E-state index in [0.717, 1.165) is 0 Å². The first-order valence-corrected chi connectivity index (χ1v) is 9.74. The summed E-state index contributed by atoms with van der Waals surface area (Å²) in [6.45, 7) is 9.89. The Bertz CT molecular complexity index is 272. The molecule has 0 fully saturated rings. The second-order valence-electron chi connectivity index (χ2n) is 6.49. The van der Waals surface area contributed by atoms with Crippen LogP contribution in [0.5, 0.6) is 0 Å². The Morgan fingerprint density at radius 3 is 1.68 bits per heavy atom. The van der Waals surface area contributed by atoms with Gasteiger partial charge in [-0.25, -0.2) is 0 Å². The maximum Gasteiger partial charge on any atom is -0.0320 e. The molecule has 0 bridgehead atoms. The van der Waals surface area contributed by atoms with E-state index < -0.39 is 0 Å². The molecule has 0 heterocycles. The third-order valence-corrected chi connectivity index (χ3v) is 4.30. The van der Waals surface area contributed by atoms with Crippen molar-refractivity contribution < 1.29 is 0 Å². The fourth-order valence-corrected chi connectivity index (χ4v) is 2.84. The van der Waals surface area contributed by atoms with E-state index >= 15 is 0 Å². The minimum Gasteiger partial charge on any atom is -0.103 e. The van der Waals surface area contributed by atoms with Crippen molar-refractivity contribution in [2.24, 2.45) is 0 Å². The van der Waals surface area contributed by atoms with Crippen LogP contribution in [0, 0.1) is 0 Å². The van der Waals surface area contributed by atoms with Gasteiger partial charge in [-0.3, -0.25) is 0 Å². The lowest BCUT2D eigenvalue weighted by Gasteiger charge is -2.08. The van der Waals surface area contributed by atoms with Gasteiger partial charge in [-0.1, -0.05) is 62.8 Å². The maximum atomic E-state index is 3.80. The lowest BCUT2D eigenvalue weighted by molar-refractivity contribution is 0.625. The third kappa shape index (κ3) is 15.6. The van der Waals surface area contributed by atoms with Crippen molar-refractivity contribution >= 4 is 0 Å². The molecular weight excluding hydrogens is 264 g/mol. The average Bonchev–Trinajstić information content (AvgIpc) is 2.53. The van der Waals surface area contributed by atoms with Gasteiger partial charge in [0.25, 0.3) is 0 Å². The second kappa shape index (κ2) is 18.3. The smallest absolute Gasteiger partial charge is 0.0320 e. The van der Waals surface area contributed by atoms with Crippen molar-refractivity contribution in [3.8, 4) is 0 Å². The van der Waals surface area contributed by atoms with E-state index in [9.17, 15) is 0 Å². The maximum absolute atomic E-state index is 3.80. The van der Waals surface area contributed by atoms with E-state index in [2.05, 4.69) is 26.2 Å². The summed E-state index contributed by atoms with van der Waals surface area (Å²) in [6, 6.07) is 0. The van der Waals surface area contributed by atoms with Gasteiger partial charge in [-0.2, -0.15) is 0 Å². The van der Waals surface area contributed by atoms with Gasteiger partial charge in [0.15, 0.2) is 0 Å². The van der Waals surface area contributed by atoms with Gasteiger partial charge in [-0.05, 0) is 64.2 Å². The van der Waals surface area contributed by atoms with Gasteiger partial charge in [0.2, 0.25) is 0 Å². The topological polar surface area (TPSA) is 0 Å². The molecule has 128 valence electrons. The summed E-state index contributed by atoms with van der Waals surface area (Å²) in [6.07, 6.45) is 26.5. The summed E-state index contributed by atoms with van der Waals surface area (Å²) < 4.78 is 0. The molecule has 0 heteroatoms. The molecule has 0 aromatic rings. The van der Waals surface area contributed by atoms with Crippen LogP contribution < -0.4 is 0 Å². The molecular formula is C22H40. The van der Waals surface area contributed by atoms with Crippen LogP contribution in [0.15, 0.2) is 37.0 Å². The molecule has 22 heavy (non-hydrogen) atoms. The number of allylic oxidation sites excluding steroid dienone is 4. The molecule has 0 aromatic carbocycles. The van der Waals surface area contributed by atoms with Gasteiger partial charge in [0.1, 0.15) is 0 Å². The zero-order chi connectivity index (χ0) is 16.3. The van der Waals surface area contributed by atoms with E-state index in [1.165, 1.54) is 96.3 Å². The summed E-state index contributed by atoms with van der Waals surface area (Å²) in [4.78, 5) is 0. The quantitative estimate of drug-likeness (QED) is 0.188. The highest BCUT2D eigenvalue weighted by atomic mass is 14.1. The fourth-order valence-electron chi connectivity index (χ4n) is 2.84. The fraction of sp³-hybridized carbons (Fsp3) is 0.727. The number of unbranched alkanes of at least 4 members (excludes halogenated alkanes) is 10. The molecule has 0 amide bonds. The van der Waals surface area contributed by atoms with Crippen LogP contribution in [0.4, 0.5) is 0 Å². The average molecular weight is 305 g/mol. The molecule has 0 rings (SSSR count). The molecule has 0 aliphatic carbocycles. The van der Waals surface area contributed by atoms with Crippen LogP contribution in [0.25, 0.3) is 0 Å². The summed E-state index contributed by atoms with van der Waals surface area (Å²) >= 11 is 0. The van der Waals surface area contributed by atoms with E-state index in [4.69, 9.17) is 0 Å². The molecule has 0 aliphatic heterocycles. The summed E-state index contributed by atoms with van der Waals surface area (Å²) in [5.41, 5.74) is 1.73. The second-order valence-corrected chi connectivity index (χ2v) is 6.49. The molecule has 0 atom stereocenters. The SMILES string of the molecule is C=CCCCCCC=C(CCCCCC)CCCCCC=C. The van der Waals surface area contributed by atoms with Crippen molar-refractivity contribution in [1.82, 2.24) is 0 Å². The van der Waals surface area contributed by atoms with Crippen LogP contribution in [0.1, 0.15) is 103 Å². The first kappa shape index (κ1) is 21.2. The molecule has 0 N–H and O–H groups in total. The lowest BCUT2D eigenvalue weighted by atomic mass is 9.98. The monoisotopic (exact) mass is 304 g/mol. The van der Waals surface area contributed by atoms with Crippen LogP contribution in [0.3, 0.4) is 0 Å². The molecule has 0 aliphatic rings. The molecule has 0 radical (unpaired) electrons. The van der Waals surface area contributed by atoms with E-state index in [-0.39, 0.29) is 0 Å². The largest absolute Gasteiger partial charge is 0.103 e. The Kier molecular flexibility index (Phi) is 17.6. The summed E-state index contributed by atoms with van der Waals surface area (Å²) in [7, 11) is 0. The molecule has 0 saturated heterocycles. The van der Waals surface area contributed by atoms with Gasteiger partial charge in [0, 0.05) is 0 Å². The van der Waals surface area contributed by atoms with E-state index in [0.29, 0.717) is 0 Å². The molecule has 0 nitrogen and oxygen atoms in total. The van der Waals surface area contributed by atoms with Crippen LogP contribution in [-0.4, -0.2) is 0 Å². The molecule has 0 unspecified atom stereocenters. The summed E-state index contributed by atoms with van der Waals surface area (Å²) in [5, 5.41) is 0. The zero-order valence-corrected chi connectivity index (χ0v) is 15.3. The Morgan fingerprint density at radius 1 is 0.636 bits per heavy atom. The van der Waals surface area contributed by atoms with E-state index in [1.54, 1.807) is 5.57 Å². The Balaban J connectivity index is 3.91. The van der Waals surface area contributed by atoms with Crippen molar-refractivity contribution in [1.29, 1.82) is 0 Å². The van der Waals surface area contributed by atoms with Crippen molar-refractivity contribution in [2.45, 2.75) is 103 Å². The highest BCUT2D eigenvalue weighted by Crippen LogP contribution is 2.19. The van der Waals surface area contributed by atoms with Crippen molar-refractivity contribution in [3.63, 3.8) is 0 Å². The predicted octanol–water partition coefficient (Wildman–Crippen LogP) is 8.16. The minimum absolute atomic E-state index is 1.18. The van der Waals surface area contributed by atoms with Gasteiger partial charge < -0.3 is 0 Å². The molecule has 0 aromatic heterocycles. The lowest BCUT2D eigenvalue weighted by Crippen LogP contribution is -1.88. The Hall–Kier alpha value is -0.780. The first-order chi connectivity index (χ1) is 10.8. The first-order valence-electron chi connectivity index (χ1n) is 9.74. The van der Waals surface area contributed by atoms with Gasteiger partial charge >= 0.3 is 0 Å². The number of hydrogen-bond donors (Lipinski definition) is 0. The Morgan fingerprint density at radius 2 is 1.14 bits per heavy atom. The molecule has 0 spiro atoms. The highest BCUT2D eigenvalue weighted by molar-refractivity contribution is 5.02. The van der Waals surface area contributed by atoms with Crippen LogP contribution >= 0.6 is 0 Å². The number of rotatable bonds is 17. The predicted molar refractivity (Wildman–Crippen MR) is 103 cm³/mol. The molecule has 0 saturated carbocycles. The van der Waals surface area contributed by atoms with Crippen LogP contribution in [0.2, 0.25) is 0 Å². The van der Waals surface area contributed by atoms with Gasteiger partial charge in [0.05, 0.1) is 0 Å². The normalized spacial score (nSPS) is 11.6. The summed E-state index contributed by atoms with van der Waals surface area (Å²) in [5.74, 6) is 0. The Labute approximate surface area is 140 Å².